The molecule has 11 heteroatoms. The number of benzene rings is 2. The van der Waals surface area contributed by atoms with E-state index in [0.29, 0.717) is 43.2 Å². The molecule has 6 aliphatic rings. The van der Waals surface area contributed by atoms with E-state index in [1.807, 2.05) is 37.3 Å². The zero-order chi connectivity index (χ0) is 39.0. The number of aliphatic hydroxyl groups is 2. The van der Waals surface area contributed by atoms with Gasteiger partial charge >= 0.3 is 12.4 Å². The van der Waals surface area contributed by atoms with Crippen molar-refractivity contribution in [2.45, 2.75) is 96.4 Å². The standard InChI is InChI=1S/C44H49F3N2O6/c1-28(30-8-5-4-6-9-30)48-38(52)49(26-29-11-13-32(14-12-29)55-44(45,46)47)27-42(53)20-17-36-40(42,3)19-16-35-39(2)18-15-31(50)24-41(39)21-22-43(35,36)33(25-41)37(51)34-10-7-23-54-34/h4-14,21-23,25,28,31,35-36,50,53H,15-20,24,26-27H2,1-3H3,(H,48,52). The number of ether oxygens (including phenoxy) is 1. The number of Topliss-reactive ketones (excluding diaryl/α,β-unsaturated/α-hetero) is 1. The van der Waals surface area contributed by atoms with Gasteiger partial charge in [0.15, 0.2) is 5.76 Å². The molecule has 2 aromatic carbocycles. The Kier molecular flexibility index (Phi) is 8.96. The smallest absolute Gasteiger partial charge is 0.461 e. The van der Waals surface area contributed by atoms with Gasteiger partial charge in [0, 0.05) is 28.4 Å². The first-order valence-corrected chi connectivity index (χ1v) is 19.4. The average Bonchev–Trinajstić information content (AvgIpc) is 3.78. The molecule has 292 valence electrons. The zero-order valence-electron chi connectivity index (χ0n) is 31.4. The number of allylic oxidation sites excluding steroid dienone is 4. The normalized spacial score (nSPS) is 35.2. The van der Waals surface area contributed by atoms with Crippen molar-refractivity contribution in [2.24, 2.45) is 33.5 Å². The fraction of sp³-hybridized carbons (Fsp3) is 0.500. The van der Waals surface area contributed by atoms with Crippen molar-refractivity contribution in [2.75, 3.05) is 6.54 Å². The fourth-order valence-electron chi connectivity index (χ4n) is 11.8. The molecule has 6 aliphatic carbocycles. The van der Waals surface area contributed by atoms with Gasteiger partial charge in [-0.25, -0.2) is 4.79 Å². The first-order valence-electron chi connectivity index (χ1n) is 19.4. The highest BCUT2D eigenvalue weighted by Gasteiger charge is 2.74. The topological polar surface area (TPSA) is 112 Å². The van der Waals surface area contributed by atoms with E-state index in [9.17, 15) is 33.0 Å². The number of halogens is 3. The molecule has 9 rings (SSSR count). The molecular formula is C44H49F3N2O6. The van der Waals surface area contributed by atoms with Crippen LogP contribution in [0.5, 0.6) is 5.75 Å². The highest BCUT2D eigenvalue weighted by Crippen LogP contribution is 2.78. The van der Waals surface area contributed by atoms with Gasteiger partial charge in [-0.2, -0.15) is 0 Å². The van der Waals surface area contributed by atoms with Crippen molar-refractivity contribution in [1.29, 1.82) is 0 Å². The van der Waals surface area contributed by atoms with Gasteiger partial charge in [-0.15, -0.1) is 13.2 Å². The molecule has 0 radical (unpaired) electrons. The summed E-state index contributed by atoms with van der Waals surface area (Å²) in [5.41, 5.74) is -1.35. The van der Waals surface area contributed by atoms with Crippen LogP contribution < -0.4 is 10.1 Å². The molecule has 3 saturated carbocycles. The lowest BCUT2D eigenvalue weighted by Crippen LogP contribution is -2.67. The second kappa shape index (κ2) is 13.1. The summed E-state index contributed by atoms with van der Waals surface area (Å²) in [6, 6.07) is 17.6. The van der Waals surface area contributed by atoms with Crippen molar-refractivity contribution in [3.05, 3.63) is 114 Å². The second-order valence-electron chi connectivity index (χ2n) is 17.2. The Hall–Kier alpha value is -4.35. The van der Waals surface area contributed by atoms with Crippen molar-refractivity contribution < 1.29 is 42.1 Å². The van der Waals surface area contributed by atoms with Crippen molar-refractivity contribution >= 4 is 11.8 Å². The number of carbonyl (C=O) groups is 2. The maximum absolute atomic E-state index is 14.5. The number of aliphatic hydroxyl groups excluding tert-OH is 1. The zero-order valence-corrected chi connectivity index (χ0v) is 31.4. The maximum atomic E-state index is 14.5. The van der Waals surface area contributed by atoms with Crippen LogP contribution in [0.2, 0.25) is 0 Å². The number of nitrogens with one attached hydrogen (secondary N) is 1. The van der Waals surface area contributed by atoms with E-state index in [1.165, 1.54) is 30.5 Å². The number of alkyl halides is 3. The Morgan fingerprint density at radius 2 is 1.64 bits per heavy atom. The molecule has 1 aromatic heterocycles. The molecule has 2 bridgehead atoms. The van der Waals surface area contributed by atoms with E-state index in [0.717, 1.165) is 18.4 Å². The first-order chi connectivity index (χ1) is 26.0. The molecule has 55 heavy (non-hydrogen) atoms. The second-order valence-corrected chi connectivity index (χ2v) is 17.2. The fourth-order valence-corrected chi connectivity index (χ4v) is 11.8. The molecule has 3 fully saturated rings. The van der Waals surface area contributed by atoms with Crippen molar-refractivity contribution in [1.82, 2.24) is 10.2 Å². The third kappa shape index (κ3) is 5.95. The maximum Gasteiger partial charge on any atom is 0.573 e. The van der Waals surface area contributed by atoms with Gasteiger partial charge in [0.25, 0.3) is 0 Å². The summed E-state index contributed by atoms with van der Waals surface area (Å²) in [5, 5.41) is 27.1. The minimum absolute atomic E-state index is 0.0292. The van der Waals surface area contributed by atoms with E-state index >= 15 is 0 Å². The molecule has 8 nitrogen and oxygen atoms in total. The predicted octanol–water partition coefficient (Wildman–Crippen LogP) is 8.93. The highest BCUT2D eigenvalue weighted by molar-refractivity contribution is 6.08. The first kappa shape index (κ1) is 37.6. The molecular weight excluding hydrogens is 709 g/mol. The van der Waals surface area contributed by atoms with Crippen molar-refractivity contribution in [3.63, 3.8) is 0 Å². The highest BCUT2D eigenvalue weighted by atomic mass is 19.4. The van der Waals surface area contributed by atoms with Gasteiger partial charge in [-0.3, -0.25) is 4.79 Å². The summed E-state index contributed by atoms with van der Waals surface area (Å²) >= 11 is 0. The van der Waals surface area contributed by atoms with Gasteiger partial charge < -0.3 is 29.6 Å². The number of ketones is 1. The quantitative estimate of drug-likeness (QED) is 0.149. The molecule has 9 unspecified atom stereocenters. The largest absolute Gasteiger partial charge is 0.573 e. The Morgan fingerprint density at radius 1 is 0.945 bits per heavy atom. The molecule has 3 aromatic rings. The molecule has 2 amide bonds. The van der Waals surface area contributed by atoms with Crippen molar-refractivity contribution in [3.8, 4) is 5.75 Å². The molecule has 3 N–H and O–H groups in total. The van der Waals surface area contributed by atoms with E-state index in [-0.39, 0.29) is 53.7 Å². The van der Waals surface area contributed by atoms with Crippen LogP contribution in [0.25, 0.3) is 0 Å². The van der Waals surface area contributed by atoms with Crippen LogP contribution in [-0.4, -0.2) is 51.5 Å². The van der Waals surface area contributed by atoms with Crippen LogP contribution >= 0.6 is 0 Å². The van der Waals surface area contributed by atoms with E-state index < -0.39 is 40.3 Å². The Bertz CT molecular complexity index is 2000. The number of carbonyl (C=O) groups excluding carboxylic acids is 2. The summed E-state index contributed by atoms with van der Waals surface area (Å²) in [6.45, 7) is 6.30. The van der Waals surface area contributed by atoms with Gasteiger partial charge in [0.05, 0.1) is 30.6 Å². The number of amides is 2. The van der Waals surface area contributed by atoms with Crippen LogP contribution in [0, 0.1) is 33.5 Å². The van der Waals surface area contributed by atoms with E-state index in [2.05, 4.69) is 42.1 Å². The summed E-state index contributed by atoms with van der Waals surface area (Å²) in [4.78, 5) is 30.4. The molecule has 1 heterocycles. The molecule has 2 spiro atoms. The number of urea groups is 1. The summed E-state index contributed by atoms with van der Waals surface area (Å²) in [7, 11) is 0. The number of nitrogens with zero attached hydrogens (tertiary/aromatic N) is 1. The lowest BCUT2D eigenvalue weighted by Gasteiger charge is -2.71. The van der Waals surface area contributed by atoms with Crippen LogP contribution in [0.1, 0.15) is 93.4 Å². The lowest BCUT2D eigenvalue weighted by atomic mass is 9.32. The van der Waals surface area contributed by atoms with E-state index in [4.69, 9.17) is 4.42 Å². The Morgan fingerprint density at radius 3 is 2.33 bits per heavy atom. The molecule has 9 atom stereocenters. The third-order valence-corrected chi connectivity index (χ3v) is 14.6. The molecule has 0 saturated heterocycles. The van der Waals surface area contributed by atoms with Gasteiger partial charge in [-0.1, -0.05) is 74.5 Å². The Balaban J connectivity index is 1.15. The minimum atomic E-state index is -4.84. The number of hydrogen-bond acceptors (Lipinski definition) is 6. The molecule has 0 aliphatic heterocycles. The van der Waals surface area contributed by atoms with Crippen LogP contribution in [-0.2, 0) is 6.54 Å². The van der Waals surface area contributed by atoms with Crippen LogP contribution in [0.15, 0.2) is 101 Å². The monoisotopic (exact) mass is 758 g/mol. The number of fused-ring (bicyclic) bond motifs is 1. The Labute approximate surface area is 319 Å². The SMILES string of the molecule is CC(NC(=O)N(Cc1ccc(OC(F)(F)F)cc1)CC1(O)CCC2C34C=CC5(C=C3C(=O)c3ccco3)CC(O)CCC5(C)C4CCC21C)c1ccccc1. The predicted molar refractivity (Wildman–Crippen MR) is 199 cm³/mol. The number of hydrogen-bond donors (Lipinski definition) is 3. The average molecular weight is 759 g/mol. The van der Waals surface area contributed by atoms with Gasteiger partial charge in [-0.05, 0) is 105 Å². The van der Waals surface area contributed by atoms with Crippen LogP contribution in [0.4, 0.5) is 18.0 Å². The summed E-state index contributed by atoms with van der Waals surface area (Å²) in [5.74, 6) is -0.344. The summed E-state index contributed by atoms with van der Waals surface area (Å²) < 4.78 is 48.6. The van der Waals surface area contributed by atoms with Crippen LogP contribution in [0.3, 0.4) is 0 Å². The third-order valence-electron chi connectivity index (χ3n) is 14.6. The minimum Gasteiger partial charge on any atom is -0.461 e. The number of furan rings is 1. The van der Waals surface area contributed by atoms with Gasteiger partial charge in [0.1, 0.15) is 5.75 Å². The lowest BCUT2D eigenvalue weighted by molar-refractivity contribution is -0.274. The summed E-state index contributed by atoms with van der Waals surface area (Å²) in [6.07, 6.45) is 7.27. The number of rotatable bonds is 9. The van der Waals surface area contributed by atoms with Gasteiger partial charge in [0.2, 0.25) is 5.78 Å². The van der Waals surface area contributed by atoms with E-state index in [1.54, 1.807) is 17.0 Å².